The van der Waals surface area contributed by atoms with Crippen LogP contribution in [0.15, 0.2) is 18.2 Å². The summed E-state index contributed by atoms with van der Waals surface area (Å²) in [5, 5.41) is 13.7. The van der Waals surface area contributed by atoms with Gasteiger partial charge in [-0.2, -0.15) is 0 Å². The molecular formula is C15H21N3O4. The smallest absolute Gasteiger partial charge is 0.296 e. The number of anilines is 1. The summed E-state index contributed by atoms with van der Waals surface area (Å²) in [5.41, 5.74) is 0.0276. The van der Waals surface area contributed by atoms with Gasteiger partial charge in [-0.25, -0.2) is 0 Å². The van der Waals surface area contributed by atoms with Gasteiger partial charge < -0.3 is 10.1 Å². The van der Waals surface area contributed by atoms with Crippen LogP contribution in [0, 0.1) is 10.1 Å². The van der Waals surface area contributed by atoms with Crippen molar-refractivity contribution in [2.24, 2.45) is 0 Å². The number of carbonyl (C=O) groups excluding carboxylic acids is 1. The van der Waals surface area contributed by atoms with E-state index in [9.17, 15) is 14.9 Å². The molecule has 2 rings (SSSR count). The van der Waals surface area contributed by atoms with Crippen LogP contribution in [-0.4, -0.2) is 42.0 Å². The van der Waals surface area contributed by atoms with E-state index in [1.807, 2.05) is 0 Å². The largest absolute Gasteiger partial charge is 0.496 e. The molecule has 1 heterocycles. The van der Waals surface area contributed by atoms with Crippen LogP contribution in [0.4, 0.5) is 11.4 Å². The maximum atomic E-state index is 12.1. The molecule has 7 heteroatoms. The van der Waals surface area contributed by atoms with Crippen molar-refractivity contribution in [2.45, 2.75) is 32.2 Å². The molecule has 22 heavy (non-hydrogen) atoms. The molecule has 0 aliphatic carbocycles. The molecule has 0 unspecified atom stereocenters. The van der Waals surface area contributed by atoms with Crippen LogP contribution in [0.5, 0.6) is 5.75 Å². The zero-order valence-corrected chi connectivity index (χ0v) is 12.9. The number of hydrogen-bond acceptors (Lipinski definition) is 5. The first-order chi connectivity index (χ1) is 10.5. The lowest BCUT2D eigenvalue weighted by Crippen LogP contribution is -2.42. The molecule has 0 aromatic heterocycles. The third-order valence-electron chi connectivity index (χ3n) is 3.96. The minimum absolute atomic E-state index is 0.167. The maximum absolute atomic E-state index is 12.1. The highest BCUT2D eigenvalue weighted by atomic mass is 16.6. The first kappa shape index (κ1) is 16.2. The highest BCUT2D eigenvalue weighted by Crippen LogP contribution is 2.29. The Kier molecular flexibility index (Phi) is 5.32. The Morgan fingerprint density at radius 3 is 2.91 bits per heavy atom. The van der Waals surface area contributed by atoms with Gasteiger partial charge in [0.2, 0.25) is 5.91 Å². The van der Waals surface area contributed by atoms with Crippen LogP contribution in [0.3, 0.4) is 0 Å². The number of ether oxygens (including phenoxy) is 1. The van der Waals surface area contributed by atoms with Crippen molar-refractivity contribution >= 4 is 17.3 Å². The number of nitro benzene ring substituents is 1. The molecule has 1 fully saturated rings. The van der Waals surface area contributed by atoms with E-state index < -0.39 is 4.92 Å². The maximum Gasteiger partial charge on any atom is 0.296 e. The van der Waals surface area contributed by atoms with Gasteiger partial charge in [0.25, 0.3) is 5.69 Å². The molecule has 0 saturated carbocycles. The van der Waals surface area contributed by atoms with Crippen LogP contribution in [0.1, 0.15) is 26.2 Å². The van der Waals surface area contributed by atoms with Gasteiger partial charge in [-0.3, -0.25) is 19.8 Å². The molecule has 0 radical (unpaired) electrons. The lowest BCUT2D eigenvalue weighted by Gasteiger charge is -2.32. The minimum Gasteiger partial charge on any atom is -0.496 e. The van der Waals surface area contributed by atoms with Gasteiger partial charge in [0.15, 0.2) is 0 Å². The second-order valence-electron chi connectivity index (χ2n) is 5.50. The number of carbonyl (C=O) groups is 1. The van der Waals surface area contributed by atoms with E-state index in [1.165, 1.54) is 25.7 Å². The topological polar surface area (TPSA) is 84.7 Å². The van der Waals surface area contributed by atoms with Gasteiger partial charge in [-0.1, -0.05) is 6.42 Å². The fraction of sp³-hybridized carbons (Fsp3) is 0.533. The Balaban J connectivity index is 2.06. The van der Waals surface area contributed by atoms with Crippen molar-refractivity contribution in [1.29, 1.82) is 0 Å². The molecule has 7 nitrogen and oxygen atoms in total. The minimum atomic E-state index is -0.526. The predicted octanol–water partition coefficient (Wildman–Crippen LogP) is 2.42. The van der Waals surface area contributed by atoms with Gasteiger partial charge in [-0.15, -0.1) is 0 Å². The SMILES string of the molecule is COc1ccc(NC(=O)CN2CCCC[C@@H]2C)c([N+](=O)[O-])c1. The molecule has 0 spiro atoms. The van der Waals surface area contributed by atoms with Crippen LogP contribution in [0.2, 0.25) is 0 Å². The number of nitro groups is 1. The summed E-state index contributed by atoms with van der Waals surface area (Å²) < 4.78 is 4.98. The van der Waals surface area contributed by atoms with Gasteiger partial charge in [-0.05, 0) is 38.4 Å². The number of amides is 1. The van der Waals surface area contributed by atoms with Crippen molar-refractivity contribution in [2.75, 3.05) is 25.5 Å². The Morgan fingerprint density at radius 1 is 1.50 bits per heavy atom. The molecular weight excluding hydrogens is 286 g/mol. The van der Waals surface area contributed by atoms with E-state index in [0.29, 0.717) is 11.8 Å². The van der Waals surface area contributed by atoms with E-state index in [0.717, 1.165) is 19.4 Å². The number of nitrogens with zero attached hydrogens (tertiary/aromatic N) is 2. The highest BCUT2D eigenvalue weighted by molar-refractivity contribution is 5.94. The summed E-state index contributed by atoms with van der Waals surface area (Å²) in [5.74, 6) is 0.149. The quantitative estimate of drug-likeness (QED) is 0.667. The summed E-state index contributed by atoms with van der Waals surface area (Å²) in [7, 11) is 1.44. The molecule has 1 amide bonds. The Labute approximate surface area is 129 Å². The Bertz CT molecular complexity index is 562. The van der Waals surface area contributed by atoms with Gasteiger partial charge in [0.05, 0.1) is 24.6 Å². The molecule has 1 N–H and O–H groups in total. The van der Waals surface area contributed by atoms with Gasteiger partial charge in [0, 0.05) is 6.04 Å². The van der Waals surface area contributed by atoms with E-state index >= 15 is 0 Å². The first-order valence-corrected chi connectivity index (χ1v) is 7.37. The zero-order chi connectivity index (χ0) is 16.1. The second kappa shape index (κ2) is 7.22. The van der Waals surface area contributed by atoms with E-state index in [1.54, 1.807) is 6.07 Å². The van der Waals surface area contributed by atoms with Crippen LogP contribution in [0.25, 0.3) is 0 Å². The monoisotopic (exact) mass is 307 g/mol. The number of benzene rings is 1. The molecule has 120 valence electrons. The summed E-state index contributed by atoms with van der Waals surface area (Å²) >= 11 is 0. The van der Waals surface area contributed by atoms with Crippen molar-refractivity contribution < 1.29 is 14.5 Å². The third kappa shape index (κ3) is 3.94. The Morgan fingerprint density at radius 2 is 2.27 bits per heavy atom. The summed E-state index contributed by atoms with van der Waals surface area (Å²) in [4.78, 5) is 24.8. The number of methoxy groups -OCH3 is 1. The lowest BCUT2D eigenvalue weighted by atomic mass is 10.0. The van der Waals surface area contributed by atoms with Crippen molar-refractivity contribution in [3.8, 4) is 5.75 Å². The number of likely N-dealkylation sites (tertiary alicyclic amines) is 1. The molecule has 1 aliphatic heterocycles. The predicted molar refractivity (Wildman–Crippen MR) is 83.2 cm³/mol. The first-order valence-electron chi connectivity index (χ1n) is 7.37. The standard InChI is InChI=1S/C15H21N3O4/c1-11-5-3-4-8-17(11)10-15(19)16-13-7-6-12(22-2)9-14(13)18(20)21/h6-7,9,11H,3-5,8,10H2,1-2H3,(H,16,19)/t11-/m0/s1. The average Bonchev–Trinajstić information content (AvgIpc) is 2.49. The summed E-state index contributed by atoms with van der Waals surface area (Å²) in [6.07, 6.45) is 3.35. The molecule has 1 aliphatic rings. The molecule has 1 aromatic rings. The summed E-state index contributed by atoms with van der Waals surface area (Å²) in [6.45, 7) is 3.24. The molecule has 1 aromatic carbocycles. The van der Waals surface area contributed by atoms with Gasteiger partial charge >= 0.3 is 0 Å². The van der Waals surface area contributed by atoms with Crippen LogP contribution >= 0.6 is 0 Å². The highest BCUT2D eigenvalue weighted by Gasteiger charge is 2.22. The van der Waals surface area contributed by atoms with E-state index in [4.69, 9.17) is 4.74 Å². The fourth-order valence-electron chi connectivity index (χ4n) is 2.66. The lowest BCUT2D eigenvalue weighted by molar-refractivity contribution is -0.384. The number of piperidine rings is 1. The average molecular weight is 307 g/mol. The normalized spacial score (nSPS) is 18.7. The number of nitrogens with one attached hydrogen (secondary N) is 1. The Hall–Kier alpha value is -2.15. The van der Waals surface area contributed by atoms with Crippen molar-refractivity contribution in [1.82, 2.24) is 4.90 Å². The zero-order valence-electron chi connectivity index (χ0n) is 12.9. The molecule has 1 atom stereocenters. The van der Waals surface area contributed by atoms with Crippen LogP contribution in [-0.2, 0) is 4.79 Å². The fourth-order valence-corrected chi connectivity index (χ4v) is 2.66. The van der Waals surface area contributed by atoms with E-state index in [2.05, 4.69) is 17.1 Å². The van der Waals surface area contributed by atoms with Crippen molar-refractivity contribution in [3.63, 3.8) is 0 Å². The molecule has 1 saturated heterocycles. The van der Waals surface area contributed by atoms with Crippen molar-refractivity contribution in [3.05, 3.63) is 28.3 Å². The summed E-state index contributed by atoms with van der Waals surface area (Å²) in [6, 6.07) is 4.75. The van der Waals surface area contributed by atoms with E-state index in [-0.39, 0.29) is 23.8 Å². The number of hydrogen-bond donors (Lipinski definition) is 1. The second-order valence-corrected chi connectivity index (χ2v) is 5.50. The molecule has 0 bridgehead atoms. The van der Waals surface area contributed by atoms with Gasteiger partial charge in [0.1, 0.15) is 11.4 Å². The van der Waals surface area contributed by atoms with Crippen LogP contribution < -0.4 is 10.1 Å². The third-order valence-corrected chi connectivity index (χ3v) is 3.96. The number of rotatable bonds is 5.